The lowest BCUT2D eigenvalue weighted by molar-refractivity contribution is -0.131. The van der Waals surface area contributed by atoms with Gasteiger partial charge in [0.15, 0.2) is 5.82 Å². The maximum absolute atomic E-state index is 13.0. The van der Waals surface area contributed by atoms with Crippen molar-refractivity contribution in [2.75, 3.05) is 0 Å². The van der Waals surface area contributed by atoms with Crippen molar-refractivity contribution in [3.63, 3.8) is 0 Å². The molecule has 22 heavy (non-hydrogen) atoms. The van der Waals surface area contributed by atoms with Gasteiger partial charge >= 0.3 is 6.03 Å². The van der Waals surface area contributed by atoms with Crippen LogP contribution in [0.1, 0.15) is 24.2 Å². The molecular weight excluding hydrogens is 291 g/mol. The molecule has 114 valence electrons. The number of hydrogen-bond donors (Lipinski definition) is 1. The van der Waals surface area contributed by atoms with Crippen LogP contribution in [0, 0.1) is 12.7 Å². The molecule has 1 aromatic heterocycles. The summed E-state index contributed by atoms with van der Waals surface area (Å²) < 4.78 is 18.0. The summed E-state index contributed by atoms with van der Waals surface area (Å²) in [5.74, 6) is -0.282. The lowest BCUT2D eigenvalue weighted by atomic mass is 9.92. The van der Waals surface area contributed by atoms with Crippen LogP contribution in [-0.2, 0) is 16.9 Å². The number of urea groups is 1. The van der Waals surface area contributed by atoms with Crippen LogP contribution in [0.4, 0.5) is 9.18 Å². The summed E-state index contributed by atoms with van der Waals surface area (Å²) in [6, 6.07) is 4.85. The molecule has 1 aromatic carbocycles. The number of carbonyl (C=O) groups is 2. The van der Waals surface area contributed by atoms with Gasteiger partial charge in [-0.3, -0.25) is 9.69 Å². The first-order valence-electron chi connectivity index (χ1n) is 6.59. The smallest absolute Gasteiger partial charge is 0.325 e. The first-order chi connectivity index (χ1) is 10.4. The second-order valence-electron chi connectivity index (χ2n) is 5.19. The Labute approximate surface area is 125 Å². The third-order valence-electron chi connectivity index (χ3n) is 3.56. The number of carbonyl (C=O) groups excluding carboxylic acids is 2. The first-order valence-corrected chi connectivity index (χ1v) is 6.59. The third-order valence-corrected chi connectivity index (χ3v) is 3.56. The first kappa shape index (κ1) is 14.2. The monoisotopic (exact) mass is 304 g/mol. The molecule has 1 N–H and O–H groups in total. The van der Waals surface area contributed by atoms with Gasteiger partial charge in [0.2, 0.25) is 5.89 Å². The summed E-state index contributed by atoms with van der Waals surface area (Å²) in [6.07, 6.45) is 0. The summed E-state index contributed by atoms with van der Waals surface area (Å²) in [6.45, 7) is 3.10. The van der Waals surface area contributed by atoms with Gasteiger partial charge in [-0.05, 0) is 31.5 Å². The maximum atomic E-state index is 13.0. The van der Waals surface area contributed by atoms with Crippen LogP contribution in [0.25, 0.3) is 0 Å². The van der Waals surface area contributed by atoms with Crippen LogP contribution in [-0.4, -0.2) is 27.0 Å². The Balaban J connectivity index is 1.88. The van der Waals surface area contributed by atoms with Crippen LogP contribution in [0.5, 0.6) is 0 Å². The lowest BCUT2D eigenvalue weighted by Crippen LogP contribution is -2.40. The third kappa shape index (κ3) is 2.22. The molecule has 1 atom stereocenters. The number of halogens is 1. The van der Waals surface area contributed by atoms with E-state index in [1.165, 1.54) is 24.3 Å². The number of aromatic nitrogens is 2. The van der Waals surface area contributed by atoms with E-state index in [4.69, 9.17) is 4.52 Å². The molecule has 2 heterocycles. The van der Waals surface area contributed by atoms with Crippen molar-refractivity contribution < 1.29 is 18.5 Å². The van der Waals surface area contributed by atoms with Crippen molar-refractivity contribution >= 4 is 11.9 Å². The van der Waals surface area contributed by atoms with Crippen molar-refractivity contribution in [3.05, 3.63) is 47.4 Å². The SMILES string of the molecule is Cc1noc(CN2C(=O)NC(C)(c3ccc(F)cc3)C2=O)n1. The van der Waals surface area contributed by atoms with Crippen molar-refractivity contribution in [2.24, 2.45) is 0 Å². The van der Waals surface area contributed by atoms with Crippen LogP contribution >= 0.6 is 0 Å². The van der Waals surface area contributed by atoms with Crippen LogP contribution < -0.4 is 5.32 Å². The van der Waals surface area contributed by atoms with E-state index < -0.39 is 23.3 Å². The molecular formula is C14H13FN4O3. The van der Waals surface area contributed by atoms with Crippen LogP contribution in [0.3, 0.4) is 0 Å². The molecule has 0 aliphatic carbocycles. The molecule has 1 unspecified atom stereocenters. The Morgan fingerprint density at radius 1 is 1.32 bits per heavy atom. The van der Waals surface area contributed by atoms with E-state index in [0.29, 0.717) is 11.4 Å². The molecule has 3 rings (SSSR count). The second kappa shape index (κ2) is 4.90. The number of nitrogens with zero attached hydrogens (tertiary/aromatic N) is 3. The quantitative estimate of drug-likeness (QED) is 0.868. The Hall–Kier alpha value is -2.77. The second-order valence-corrected chi connectivity index (χ2v) is 5.19. The molecule has 2 aromatic rings. The number of rotatable bonds is 3. The molecule has 1 fully saturated rings. The molecule has 0 saturated carbocycles. The number of benzene rings is 1. The largest absolute Gasteiger partial charge is 0.337 e. The lowest BCUT2D eigenvalue weighted by Gasteiger charge is -2.21. The van der Waals surface area contributed by atoms with Gasteiger partial charge in [0.1, 0.15) is 17.9 Å². The van der Waals surface area contributed by atoms with Gasteiger partial charge < -0.3 is 9.84 Å². The molecule has 1 aliphatic heterocycles. The van der Waals surface area contributed by atoms with Crippen LogP contribution in [0.2, 0.25) is 0 Å². The maximum Gasteiger partial charge on any atom is 0.325 e. The van der Waals surface area contributed by atoms with E-state index in [1.807, 2.05) is 0 Å². The van der Waals surface area contributed by atoms with Gasteiger partial charge in [-0.2, -0.15) is 4.98 Å². The van der Waals surface area contributed by atoms with Crippen molar-refractivity contribution in [1.29, 1.82) is 0 Å². The molecule has 7 nitrogen and oxygen atoms in total. The molecule has 0 spiro atoms. The summed E-state index contributed by atoms with van der Waals surface area (Å²) in [5.41, 5.74) is -0.753. The zero-order valence-electron chi connectivity index (χ0n) is 12.0. The zero-order chi connectivity index (χ0) is 15.9. The Kier molecular flexibility index (Phi) is 3.16. The van der Waals surface area contributed by atoms with Crippen LogP contribution in [0.15, 0.2) is 28.8 Å². The topological polar surface area (TPSA) is 88.3 Å². The summed E-state index contributed by atoms with van der Waals surface area (Å²) >= 11 is 0. The fourth-order valence-corrected chi connectivity index (χ4v) is 2.36. The average Bonchev–Trinajstić information content (AvgIpc) is 2.97. The van der Waals surface area contributed by atoms with E-state index >= 15 is 0 Å². The van der Waals surface area contributed by atoms with Gasteiger partial charge in [-0.15, -0.1) is 0 Å². The standard InChI is InChI=1S/C14H13FN4O3/c1-8-16-11(22-18-8)7-19-12(20)14(2,17-13(19)21)9-3-5-10(15)6-4-9/h3-6H,7H2,1-2H3,(H,17,21). The summed E-state index contributed by atoms with van der Waals surface area (Å²) in [7, 11) is 0. The Bertz CT molecular complexity index is 743. The van der Waals surface area contributed by atoms with Crippen molar-refractivity contribution in [2.45, 2.75) is 25.9 Å². The molecule has 8 heteroatoms. The number of hydrogen-bond acceptors (Lipinski definition) is 5. The van der Waals surface area contributed by atoms with Crippen molar-refractivity contribution in [3.8, 4) is 0 Å². The number of amides is 3. The number of aryl methyl sites for hydroxylation is 1. The van der Waals surface area contributed by atoms with E-state index in [0.717, 1.165) is 4.90 Å². The highest BCUT2D eigenvalue weighted by atomic mass is 19.1. The zero-order valence-corrected chi connectivity index (χ0v) is 12.0. The molecule has 0 bridgehead atoms. The Morgan fingerprint density at radius 2 is 2.00 bits per heavy atom. The minimum atomic E-state index is -1.25. The average molecular weight is 304 g/mol. The van der Waals surface area contributed by atoms with E-state index in [-0.39, 0.29) is 12.4 Å². The van der Waals surface area contributed by atoms with Crippen molar-refractivity contribution in [1.82, 2.24) is 20.4 Å². The molecule has 1 saturated heterocycles. The van der Waals surface area contributed by atoms with E-state index in [1.54, 1.807) is 13.8 Å². The number of imide groups is 1. The minimum absolute atomic E-state index is 0.109. The number of nitrogens with one attached hydrogen (secondary N) is 1. The minimum Gasteiger partial charge on any atom is -0.337 e. The molecule has 0 radical (unpaired) electrons. The predicted octanol–water partition coefficient (Wildman–Crippen LogP) is 1.48. The van der Waals surface area contributed by atoms with Gasteiger partial charge in [0.05, 0.1) is 0 Å². The normalized spacial score (nSPS) is 21.3. The van der Waals surface area contributed by atoms with Gasteiger partial charge in [-0.1, -0.05) is 17.3 Å². The van der Waals surface area contributed by atoms with Gasteiger partial charge in [0.25, 0.3) is 5.91 Å². The fourth-order valence-electron chi connectivity index (χ4n) is 2.36. The predicted molar refractivity (Wildman–Crippen MR) is 71.9 cm³/mol. The highest BCUT2D eigenvalue weighted by Crippen LogP contribution is 2.29. The van der Waals surface area contributed by atoms with E-state index in [9.17, 15) is 14.0 Å². The van der Waals surface area contributed by atoms with Gasteiger partial charge in [0, 0.05) is 0 Å². The highest BCUT2D eigenvalue weighted by molar-refractivity contribution is 6.07. The van der Waals surface area contributed by atoms with Gasteiger partial charge in [-0.25, -0.2) is 9.18 Å². The van der Waals surface area contributed by atoms with E-state index in [2.05, 4.69) is 15.5 Å². The summed E-state index contributed by atoms with van der Waals surface area (Å²) in [4.78, 5) is 29.6. The molecule has 1 aliphatic rings. The highest BCUT2D eigenvalue weighted by Gasteiger charge is 2.49. The Morgan fingerprint density at radius 3 is 2.59 bits per heavy atom. The fraction of sp³-hybridized carbons (Fsp3) is 0.286. The molecule has 3 amide bonds. The summed E-state index contributed by atoms with van der Waals surface area (Å²) in [5, 5.41) is 6.23.